The summed E-state index contributed by atoms with van der Waals surface area (Å²) in [6, 6.07) is 2.58. The number of halogens is 1. The molecule has 0 saturated carbocycles. The van der Waals surface area contributed by atoms with Crippen LogP contribution in [-0.2, 0) is 39.8 Å². The summed E-state index contributed by atoms with van der Waals surface area (Å²) in [6.45, 7) is 7.12. The second-order valence-corrected chi connectivity index (χ2v) is 15.0. The number of hydrogen-bond acceptors (Lipinski definition) is 11. The Morgan fingerprint density at radius 1 is 1.25 bits per heavy atom. The zero-order valence-corrected chi connectivity index (χ0v) is 32.0. The minimum atomic E-state index is -1.71. The molecule has 3 heterocycles. The number of amides is 3. The summed E-state index contributed by atoms with van der Waals surface area (Å²) in [6.07, 6.45) is 3.31. The van der Waals surface area contributed by atoms with Crippen molar-refractivity contribution in [3.05, 3.63) is 46.5 Å². The number of nitrogens with zero attached hydrogens (tertiary/aromatic N) is 2. The molecule has 15 heteroatoms. The third-order valence-electron chi connectivity index (χ3n) is 10.4. The van der Waals surface area contributed by atoms with Crippen molar-refractivity contribution >= 4 is 53.0 Å². The van der Waals surface area contributed by atoms with Crippen LogP contribution in [-0.4, -0.2) is 108 Å². The van der Waals surface area contributed by atoms with E-state index in [1.807, 2.05) is 19.9 Å². The second kappa shape index (κ2) is 16.7. The number of epoxide rings is 1. The summed E-state index contributed by atoms with van der Waals surface area (Å²) in [5, 5.41) is 14.7. The van der Waals surface area contributed by atoms with Gasteiger partial charge in [-0.25, -0.2) is 4.79 Å². The Labute approximate surface area is 308 Å². The maximum absolute atomic E-state index is 14.1. The number of aliphatic hydroxyl groups is 1. The van der Waals surface area contributed by atoms with E-state index >= 15 is 0 Å². The topological polar surface area (TPSA) is 167 Å². The minimum Gasteiger partial charge on any atom is -0.495 e. The number of ether oxygens (including phenoxy) is 4. The van der Waals surface area contributed by atoms with Crippen molar-refractivity contribution in [2.45, 2.75) is 95.5 Å². The number of carbonyl (C=O) groups excluding carboxylic acids is 4. The van der Waals surface area contributed by atoms with E-state index in [4.69, 9.17) is 35.1 Å². The number of carbonyl (C=O) groups is 4. The first-order valence-electron chi connectivity index (χ1n) is 16.9. The molecule has 0 aromatic heterocycles. The van der Waals surface area contributed by atoms with Crippen LogP contribution < -0.4 is 15.0 Å². The molecular formula is C36H50ClN3O10S. The lowest BCUT2D eigenvalue weighted by atomic mass is 9.75. The molecule has 2 fully saturated rings. The Morgan fingerprint density at radius 2 is 1.96 bits per heavy atom. The molecule has 13 nitrogen and oxygen atoms in total. The average Bonchev–Trinajstić information content (AvgIpc) is 3.79. The highest BCUT2D eigenvalue weighted by Crippen LogP contribution is 2.50. The summed E-state index contributed by atoms with van der Waals surface area (Å²) >= 11 is 7.28. The van der Waals surface area contributed by atoms with Crippen LogP contribution in [0.3, 0.4) is 0 Å². The standard InChI is InChI=1S/C36H50ClN3O10S/c1-20-10-9-11-27(48-8)36(45)19-24(17-29(41)38-36)21(2)33-35(4,50-33)28(49-34(44)22(3)39(5)30(42)12-13-51-46)18-31(43)40(6)25-15-23(14-20)16-26(47-7)32(25)37/h9-11,15-16,21-22,24,27-28,33,45-46H,12-14,17-19H2,1-8H3,(H,38,41)/b11-9+,20-10+/t21-,22+,24+,27-,28+,33+,35+,36+/m1/s1. The van der Waals surface area contributed by atoms with Gasteiger partial charge in [-0.1, -0.05) is 42.3 Å². The third-order valence-corrected chi connectivity index (χ3v) is 11.1. The molecule has 51 heavy (non-hydrogen) atoms. The molecule has 8 atom stereocenters. The van der Waals surface area contributed by atoms with Gasteiger partial charge in [-0.2, -0.15) is 0 Å². The number of allylic oxidation sites excluding steroid dienone is 3. The summed E-state index contributed by atoms with van der Waals surface area (Å²) in [5.41, 5.74) is -0.708. The smallest absolute Gasteiger partial charge is 0.328 e. The van der Waals surface area contributed by atoms with E-state index in [2.05, 4.69) is 5.32 Å². The van der Waals surface area contributed by atoms with Crippen LogP contribution in [0.4, 0.5) is 5.69 Å². The van der Waals surface area contributed by atoms with Gasteiger partial charge in [0.1, 0.15) is 34.6 Å². The summed E-state index contributed by atoms with van der Waals surface area (Å²) < 4.78 is 32.6. The Balaban J connectivity index is 1.76. The van der Waals surface area contributed by atoms with Crippen LogP contribution in [0, 0.1) is 11.8 Å². The number of methoxy groups -OCH3 is 2. The van der Waals surface area contributed by atoms with Gasteiger partial charge in [0.25, 0.3) is 0 Å². The van der Waals surface area contributed by atoms with Crippen LogP contribution in [0.2, 0.25) is 5.02 Å². The Bertz CT molecular complexity index is 1560. The fourth-order valence-electron chi connectivity index (χ4n) is 6.97. The van der Waals surface area contributed by atoms with E-state index in [1.165, 1.54) is 38.0 Å². The number of rotatable bonds is 8. The predicted octanol–water partition coefficient (Wildman–Crippen LogP) is 4.14. The van der Waals surface area contributed by atoms with Crippen molar-refractivity contribution in [2.24, 2.45) is 11.8 Å². The normalized spacial score (nSPS) is 32.1. The van der Waals surface area contributed by atoms with Gasteiger partial charge in [-0.15, -0.1) is 0 Å². The molecule has 0 spiro atoms. The lowest BCUT2D eigenvalue weighted by Gasteiger charge is -2.42. The maximum Gasteiger partial charge on any atom is 0.328 e. The van der Waals surface area contributed by atoms with Crippen LogP contribution in [0.5, 0.6) is 5.75 Å². The Kier molecular flexibility index (Phi) is 13.3. The molecule has 3 N–H and O–H groups in total. The van der Waals surface area contributed by atoms with Crippen molar-refractivity contribution in [1.82, 2.24) is 10.2 Å². The van der Waals surface area contributed by atoms with Crippen molar-refractivity contribution in [3.63, 3.8) is 0 Å². The quantitative estimate of drug-likeness (QED) is 0.199. The number of benzene rings is 1. The number of anilines is 1. The molecule has 0 radical (unpaired) electrons. The first kappa shape index (κ1) is 40.6. The summed E-state index contributed by atoms with van der Waals surface area (Å²) in [7, 11) is 6.00. The molecule has 1 aromatic carbocycles. The van der Waals surface area contributed by atoms with Crippen molar-refractivity contribution < 1.29 is 47.8 Å². The van der Waals surface area contributed by atoms with Crippen molar-refractivity contribution in [2.75, 3.05) is 39.0 Å². The zero-order valence-electron chi connectivity index (χ0n) is 30.4. The molecule has 1 aromatic rings. The van der Waals surface area contributed by atoms with Crippen LogP contribution >= 0.6 is 23.6 Å². The first-order valence-corrected chi connectivity index (χ1v) is 18.2. The molecule has 3 aliphatic rings. The lowest BCUT2D eigenvalue weighted by molar-refractivity contribution is -0.161. The van der Waals surface area contributed by atoms with E-state index < -0.39 is 47.6 Å². The van der Waals surface area contributed by atoms with Crippen LogP contribution in [0.25, 0.3) is 0 Å². The zero-order chi connectivity index (χ0) is 37.8. The number of hydrogen-bond donors (Lipinski definition) is 3. The van der Waals surface area contributed by atoms with Gasteiger partial charge >= 0.3 is 5.97 Å². The summed E-state index contributed by atoms with van der Waals surface area (Å²) in [4.78, 5) is 56.0. The van der Waals surface area contributed by atoms with E-state index in [0.29, 0.717) is 29.9 Å². The molecule has 4 bridgehead atoms. The fraction of sp³-hybridized carbons (Fsp3) is 0.611. The molecule has 3 amide bonds. The van der Waals surface area contributed by atoms with E-state index in [-0.39, 0.29) is 60.1 Å². The Morgan fingerprint density at radius 3 is 2.61 bits per heavy atom. The molecule has 4 rings (SSSR count). The van der Waals surface area contributed by atoms with Gasteiger partial charge in [-0.3, -0.25) is 14.4 Å². The molecule has 2 saturated heterocycles. The highest BCUT2D eigenvalue weighted by molar-refractivity contribution is 7.93. The molecule has 282 valence electrons. The Hall–Kier alpha value is -3.14. The average molecular weight is 752 g/mol. The highest BCUT2D eigenvalue weighted by Gasteiger charge is 2.64. The van der Waals surface area contributed by atoms with Crippen molar-refractivity contribution in [1.29, 1.82) is 0 Å². The minimum absolute atomic E-state index is 0.0159. The van der Waals surface area contributed by atoms with Crippen LogP contribution in [0.15, 0.2) is 35.9 Å². The molecule has 0 unspecified atom stereocenters. The first-order chi connectivity index (χ1) is 24.0. The SMILES string of the molecule is COc1cc2cc(c1Cl)N(C)C(=O)C[C@H](OC(=O)[C@H](C)N(C)C(=O)CCSO)[C@]1(C)O[C@H]1[C@H](C)[C@H]1CC(=O)N[C@](O)(C1)[C@H](OC)/C=C/C=C(\C)C2. The van der Waals surface area contributed by atoms with Gasteiger partial charge in [0.05, 0.1) is 25.3 Å². The number of likely N-dealkylation sites (N-methyl/N-ethyl adjacent to an activating group) is 1. The highest BCUT2D eigenvalue weighted by atomic mass is 35.5. The number of fused-ring (bicyclic) bond motifs is 5. The number of esters is 1. The fourth-order valence-corrected chi connectivity index (χ4v) is 7.55. The number of nitrogens with one attached hydrogen (secondary N) is 1. The van der Waals surface area contributed by atoms with E-state index in [0.717, 1.165) is 11.1 Å². The monoisotopic (exact) mass is 751 g/mol. The van der Waals surface area contributed by atoms with Crippen LogP contribution in [0.1, 0.15) is 58.9 Å². The largest absolute Gasteiger partial charge is 0.495 e. The summed E-state index contributed by atoms with van der Waals surface area (Å²) in [5.74, 6) is -2.00. The van der Waals surface area contributed by atoms with Gasteiger partial charge in [0.15, 0.2) is 5.72 Å². The van der Waals surface area contributed by atoms with Crippen molar-refractivity contribution in [3.8, 4) is 5.75 Å². The predicted molar refractivity (Wildman–Crippen MR) is 194 cm³/mol. The number of piperidine rings is 1. The van der Waals surface area contributed by atoms with Gasteiger partial charge in [-0.05, 0) is 68.8 Å². The van der Waals surface area contributed by atoms with E-state index in [9.17, 15) is 24.3 Å². The van der Waals surface area contributed by atoms with Gasteiger partial charge in [0.2, 0.25) is 17.7 Å². The lowest BCUT2D eigenvalue weighted by Crippen LogP contribution is -2.61. The maximum atomic E-state index is 14.1. The van der Waals surface area contributed by atoms with Gasteiger partial charge in [0, 0.05) is 46.2 Å². The molecule has 0 aliphatic carbocycles. The molecular weight excluding hydrogens is 702 g/mol. The third kappa shape index (κ3) is 9.09. The van der Waals surface area contributed by atoms with E-state index in [1.54, 1.807) is 38.3 Å². The second-order valence-electron chi connectivity index (χ2n) is 13.9. The van der Waals surface area contributed by atoms with Gasteiger partial charge < -0.3 is 43.7 Å². The molecule has 3 aliphatic heterocycles.